The van der Waals surface area contributed by atoms with Gasteiger partial charge in [0.2, 0.25) is 5.91 Å². The summed E-state index contributed by atoms with van der Waals surface area (Å²) in [6.07, 6.45) is 4.38. The van der Waals surface area contributed by atoms with E-state index in [4.69, 9.17) is 16.9 Å². The van der Waals surface area contributed by atoms with Crippen LogP contribution in [0.1, 0.15) is 28.8 Å². The Morgan fingerprint density at radius 3 is 2.68 bits per heavy atom. The van der Waals surface area contributed by atoms with Crippen molar-refractivity contribution in [2.24, 2.45) is 0 Å². The van der Waals surface area contributed by atoms with Crippen molar-refractivity contribution in [2.75, 3.05) is 6.54 Å². The summed E-state index contributed by atoms with van der Waals surface area (Å²) in [6, 6.07) is 17.1. The van der Waals surface area contributed by atoms with E-state index in [1.807, 2.05) is 59.6 Å². The number of likely N-dealkylation sites (tertiary alicyclic amines) is 1. The molecule has 6 nitrogen and oxygen atoms in total. The summed E-state index contributed by atoms with van der Waals surface area (Å²) in [5, 5.41) is 13.0. The van der Waals surface area contributed by atoms with E-state index in [-0.39, 0.29) is 24.4 Å². The predicted octanol–water partition coefficient (Wildman–Crippen LogP) is 3.77. The number of aromatic nitrogens is 2. The maximum atomic E-state index is 12.8. The van der Waals surface area contributed by atoms with Gasteiger partial charge in [-0.05, 0) is 35.7 Å². The molecule has 1 fully saturated rings. The van der Waals surface area contributed by atoms with Crippen LogP contribution in [0.4, 0.5) is 0 Å². The zero-order valence-electron chi connectivity index (χ0n) is 16.9. The molecule has 2 heterocycles. The van der Waals surface area contributed by atoms with E-state index < -0.39 is 0 Å². The van der Waals surface area contributed by atoms with Gasteiger partial charge in [0.05, 0.1) is 29.7 Å². The van der Waals surface area contributed by atoms with Crippen LogP contribution in [-0.2, 0) is 24.4 Å². The molecule has 2 aromatic carbocycles. The number of hydrogen-bond donors (Lipinski definition) is 1. The SMILES string of the molecule is Cl.N#Cc1ccc(Cn2cncc2CN[C@H]2CCN(Cc3ccccc3Cl)C2=O)cc1. The lowest BCUT2D eigenvalue weighted by Gasteiger charge is -2.18. The highest BCUT2D eigenvalue weighted by molar-refractivity contribution is 6.31. The van der Waals surface area contributed by atoms with Crippen LogP contribution in [0, 0.1) is 11.3 Å². The van der Waals surface area contributed by atoms with Crippen LogP contribution < -0.4 is 5.32 Å². The highest BCUT2D eigenvalue weighted by Crippen LogP contribution is 2.21. The Morgan fingerprint density at radius 2 is 1.94 bits per heavy atom. The van der Waals surface area contributed by atoms with Gasteiger partial charge >= 0.3 is 0 Å². The highest BCUT2D eigenvalue weighted by atomic mass is 35.5. The first-order chi connectivity index (χ1) is 14.6. The molecule has 0 saturated carbocycles. The van der Waals surface area contributed by atoms with Gasteiger partial charge in [0.1, 0.15) is 0 Å². The van der Waals surface area contributed by atoms with Gasteiger partial charge < -0.3 is 14.8 Å². The van der Waals surface area contributed by atoms with Crippen LogP contribution in [0.3, 0.4) is 0 Å². The average molecular weight is 456 g/mol. The number of carbonyl (C=O) groups is 1. The Morgan fingerprint density at radius 1 is 1.16 bits per heavy atom. The number of halogens is 2. The second kappa shape index (κ2) is 10.5. The Labute approximate surface area is 192 Å². The van der Waals surface area contributed by atoms with Gasteiger partial charge in [0.15, 0.2) is 0 Å². The summed E-state index contributed by atoms with van der Waals surface area (Å²) in [4.78, 5) is 18.9. The fourth-order valence-corrected chi connectivity index (χ4v) is 3.86. The summed E-state index contributed by atoms with van der Waals surface area (Å²) in [7, 11) is 0. The third-order valence-electron chi connectivity index (χ3n) is 5.38. The van der Waals surface area contributed by atoms with E-state index in [0.29, 0.717) is 36.8 Å². The number of benzene rings is 2. The van der Waals surface area contributed by atoms with Crippen molar-refractivity contribution in [2.45, 2.75) is 32.1 Å². The smallest absolute Gasteiger partial charge is 0.240 e. The van der Waals surface area contributed by atoms with E-state index >= 15 is 0 Å². The van der Waals surface area contributed by atoms with Crippen LogP contribution in [0.15, 0.2) is 61.1 Å². The number of imidazole rings is 1. The molecule has 0 unspecified atom stereocenters. The summed E-state index contributed by atoms with van der Waals surface area (Å²) in [5.74, 6) is 0.105. The zero-order chi connectivity index (χ0) is 20.9. The number of nitrogens with zero attached hydrogens (tertiary/aromatic N) is 4. The van der Waals surface area contributed by atoms with Gasteiger partial charge in [-0.15, -0.1) is 12.4 Å². The summed E-state index contributed by atoms with van der Waals surface area (Å²) in [6.45, 7) is 2.48. The first-order valence-corrected chi connectivity index (χ1v) is 10.3. The van der Waals surface area contributed by atoms with Crippen molar-refractivity contribution >= 4 is 29.9 Å². The van der Waals surface area contributed by atoms with Gasteiger partial charge in [-0.2, -0.15) is 5.26 Å². The average Bonchev–Trinajstić information content (AvgIpc) is 3.35. The topological polar surface area (TPSA) is 74.0 Å². The largest absolute Gasteiger partial charge is 0.337 e. The van der Waals surface area contributed by atoms with E-state index in [9.17, 15) is 4.79 Å². The van der Waals surface area contributed by atoms with E-state index in [2.05, 4.69) is 20.9 Å². The Kier molecular flexibility index (Phi) is 7.69. The molecule has 0 radical (unpaired) electrons. The van der Waals surface area contributed by atoms with Crippen LogP contribution >= 0.6 is 24.0 Å². The van der Waals surface area contributed by atoms with Crippen molar-refractivity contribution in [3.63, 3.8) is 0 Å². The lowest BCUT2D eigenvalue weighted by Crippen LogP contribution is -2.38. The molecule has 8 heteroatoms. The molecule has 1 aromatic heterocycles. The summed E-state index contributed by atoms with van der Waals surface area (Å²) < 4.78 is 2.05. The normalized spacial score (nSPS) is 15.5. The fraction of sp³-hybridized carbons (Fsp3) is 0.261. The number of nitrogens with one attached hydrogen (secondary N) is 1. The monoisotopic (exact) mass is 455 g/mol. The molecule has 31 heavy (non-hydrogen) atoms. The molecule has 3 aromatic rings. The summed E-state index contributed by atoms with van der Waals surface area (Å²) >= 11 is 6.24. The third-order valence-corrected chi connectivity index (χ3v) is 5.75. The maximum Gasteiger partial charge on any atom is 0.240 e. The number of amides is 1. The van der Waals surface area contributed by atoms with E-state index in [1.165, 1.54) is 0 Å². The molecular formula is C23H23Cl2N5O. The number of nitriles is 1. The second-order valence-electron chi connectivity index (χ2n) is 7.39. The molecule has 0 bridgehead atoms. The van der Waals surface area contributed by atoms with Gasteiger partial charge in [-0.3, -0.25) is 4.79 Å². The molecular weight excluding hydrogens is 433 g/mol. The molecule has 1 aliphatic heterocycles. The molecule has 1 aliphatic rings. The maximum absolute atomic E-state index is 12.8. The Bertz CT molecular complexity index is 1070. The molecule has 0 spiro atoms. The minimum absolute atomic E-state index is 0. The standard InChI is InChI=1S/C23H22ClN5O.ClH/c24-21-4-2-1-3-19(21)15-28-10-9-22(23(28)30)27-13-20-12-26-16-29(20)14-18-7-5-17(11-25)6-8-18;/h1-8,12,16,22,27H,9-10,13-15H2;1H/t22-;/m0./s1. The molecule has 0 aliphatic carbocycles. The fourth-order valence-electron chi connectivity index (χ4n) is 3.66. The van der Waals surface area contributed by atoms with Crippen molar-refractivity contribution < 1.29 is 4.79 Å². The molecule has 1 atom stereocenters. The van der Waals surface area contributed by atoms with Crippen LogP contribution in [-0.4, -0.2) is 32.9 Å². The van der Waals surface area contributed by atoms with Crippen molar-refractivity contribution in [3.8, 4) is 6.07 Å². The minimum atomic E-state index is -0.203. The highest BCUT2D eigenvalue weighted by Gasteiger charge is 2.31. The molecule has 1 N–H and O–H groups in total. The molecule has 160 valence electrons. The zero-order valence-corrected chi connectivity index (χ0v) is 18.4. The Balaban J connectivity index is 0.00000272. The van der Waals surface area contributed by atoms with Gasteiger partial charge in [0.25, 0.3) is 0 Å². The third kappa shape index (κ3) is 5.45. The van der Waals surface area contributed by atoms with Crippen LogP contribution in [0.2, 0.25) is 5.02 Å². The number of rotatable bonds is 7. The minimum Gasteiger partial charge on any atom is -0.337 e. The Hall–Kier alpha value is -2.85. The first kappa shape index (κ1) is 22.8. The second-order valence-corrected chi connectivity index (χ2v) is 7.80. The van der Waals surface area contributed by atoms with E-state index in [1.54, 1.807) is 6.33 Å². The lowest BCUT2D eigenvalue weighted by molar-refractivity contribution is -0.129. The molecule has 1 saturated heterocycles. The van der Waals surface area contributed by atoms with E-state index in [0.717, 1.165) is 23.2 Å². The predicted molar refractivity (Wildman–Crippen MR) is 122 cm³/mol. The quantitative estimate of drug-likeness (QED) is 0.588. The van der Waals surface area contributed by atoms with Gasteiger partial charge in [-0.25, -0.2) is 4.98 Å². The van der Waals surface area contributed by atoms with Gasteiger partial charge in [0, 0.05) is 37.4 Å². The molecule has 1 amide bonds. The van der Waals surface area contributed by atoms with Crippen LogP contribution in [0.25, 0.3) is 0 Å². The summed E-state index contributed by atoms with van der Waals surface area (Å²) in [5.41, 5.74) is 3.72. The van der Waals surface area contributed by atoms with Crippen molar-refractivity contribution in [1.82, 2.24) is 19.8 Å². The van der Waals surface area contributed by atoms with Gasteiger partial charge in [-0.1, -0.05) is 41.9 Å². The van der Waals surface area contributed by atoms with Crippen molar-refractivity contribution in [1.29, 1.82) is 5.26 Å². The number of carbonyl (C=O) groups excluding carboxylic acids is 1. The number of hydrogen-bond acceptors (Lipinski definition) is 4. The van der Waals surface area contributed by atoms with Crippen LogP contribution in [0.5, 0.6) is 0 Å². The lowest BCUT2D eigenvalue weighted by atomic mass is 10.1. The first-order valence-electron chi connectivity index (χ1n) is 9.87. The van der Waals surface area contributed by atoms with Crippen molar-refractivity contribution in [3.05, 3.63) is 88.5 Å². The molecule has 4 rings (SSSR count).